The molecule has 1 fully saturated rings. The van der Waals surface area contributed by atoms with E-state index in [9.17, 15) is 0 Å². The fraction of sp³-hybridized carbons (Fsp3) is 0.438. The molecular weight excluding hydrogens is 222 g/mol. The van der Waals surface area contributed by atoms with Crippen LogP contribution < -0.4 is 0 Å². The Bertz CT molecular complexity index is 598. The van der Waals surface area contributed by atoms with Crippen molar-refractivity contribution in [2.24, 2.45) is 11.3 Å². The number of hydrogen-bond donors (Lipinski definition) is 0. The lowest BCUT2D eigenvalue weighted by Gasteiger charge is -2.56. The van der Waals surface area contributed by atoms with Gasteiger partial charge < -0.3 is 4.42 Å². The second-order valence-corrected chi connectivity index (χ2v) is 6.23. The normalized spacial score (nSPS) is 27.4. The minimum absolute atomic E-state index is 0.432. The Morgan fingerprint density at radius 1 is 1.28 bits per heavy atom. The van der Waals surface area contributed by atoms with Gasteiger partial charge in [0.15, 0.2) is 5.76 Å². The van der Waals surface area contributed by atoms with E-state index in [1.165, 1.54) is 24.1 Å². The molecule has 1 saturated carbocycles. The summed E-state index contributed by atoms with van der Waals surface area (Å²) >= 11 is 0. The highest BCUT2D eigenvalue weighted by Gasteiger charge is 2.53. The number of pyridine rings is 1. The van der Waals surface area contributed by atoms with Gasteiger partial charge in [-0.05, 0) is 47.9 Å². The molecule has 0 aliphatic heterocycles. The smallest absolute Gasteiger partial charge is 0.152 e. The van der Waals surface area contributed by atoms with Gasteiger partial charge in [0.05, 0.1) is 6.26 Å². The molecule has 2 atom stereocenters. The summed E-state index contributed by atoms with van der Waals surface area (Å²) in [4.78, 5) is 4.88. The molecule has 2 nitrogen and oxygen atoms in total. The molecule has 0 amide bonds. The Balaban J connectivity index is 1.83. The zero-order valence-corrected chi connectivity index (χ0v) is 10.8. The van der Waals surface area contributed by atoms with Crippen molar-refractivity contribution >= 4 is 0 Å². The zero-order valence-electron chi connectivity index (χ0n) is 10.8. The molecule has 2 heteroatoms. The molecule has 3 aliphatic rings. The second kappa shape index (κ2) is 3.25. The van der Waals surface area contributed by atoms with E-state index in [4.69, 9.17) is 9.40 Å². The van der Waals surface area contributed by atoms with E-state index < -0.39 is 0 Å². The van der Waals surface area contributed by atoms with Crippen molar-refractivity contribution < 1.29 is 4.42 Å². The van der Waals surface area contributed by atoms with Gasteiger partial charge in [-0.3, -0.25) is 0 Å². The van der Waals surface area contributed by atoms with Crippen molar-refractivity contribution in [1.82, 2.24) is 4.98 Å². The third kappa shape index (κ3) is 1.21. The SMILES string of the molecule is CC1(C)[C@H]2Cc3ccc(-c4ccco4)nc3[C@@H]1C2. The fourth-order valence-corrected chi connectivity index (χ4v) is 3.63. The molecule has 5 rings (SSSR count). The largest absolute Gasteiger partial charge is 0.463 e. The lowest BCUT2D eigenvalue weighted by Crippen LogP contribution is -2.48. The monoisotopic (exact) mass is 239 g/mol. The van der Waals surface area contributed by atoms with Gasteiger partial charge in [-0.2, -0.15) is 0 Å². The first kappa shape index (κ1) is 10.4. The van der Waals surface area contributed by atoms with Crippen LogP contribution in [0.3, 0.4) is 0 Å². The quantitative estimate of drug-likeness (QED) is 0.751. The number of aromatic nitrogens is 1. The standard InChI is InChI=1S/C16H17NO/c1-16(2)11-8-10-5-6-13(14-4-3-7-18-14)17-15(10)12(16)9-11/h3-7,11-12H,8-9H2,1-2H3/t11-,12-/m0/s1. The maximum absolute atomic E-state index is 5.45. The summed E-state index contributed by atoms with van der Waals surface area (Å²) < 4.78 is 5.45. The van der Waals surface area contributed by atoms with Crippen LogP contribution in [0.5, 0.6) is 0 Å². The van der Waals surface area contributed by atoms with Crippen LogP contribution in [0.2, 0.25) is 0 Å². The molecule has 18 heavy (non-hydrogen) atoms. The van der Waals surface area contributed by atoms with E-state index in [0.717, 1.165) is 17.4 Å². The molecule has 3 aliphatic carbocycles. The molecule has 2 aromatic heterocycles. The Hall–Kier alpha value is -1.57. The Morgan fingerprint density at radius 3 is 2.89 bits per heavy atom. The van der Waals surface area contributed by atoms with Crippen LogP contribution in [0.15, 0.2) is 34.9 Å². The van der Waals surface area contributed by atoms with Crippen LogP contribution >= 0.6 is 0 Å². The third-order valence-electron chi connectivity index (χ3n) is 5.05. The summed E-state index contributed by atoms with van der Waals surface area (Å²) in [5, 5.41) is 0. The van der Waals surface area contributed by atoms with Gasteiger partial charge in [0.25, 0.3) is 0 Å². The van der Waals surface area contributed by atoms with Gasteiger partial charge in [-0.15, -0.1) is 0 Å². The van der Waals surface area contributed by atoms with Gasteiger partial charge in [-0.25, -0.2) is 4.98 Å². The van der Waals surface area contributed by atoms with Crippen LogP contribution in [-0.4, -0.2) is 4.98 Å². The predicted molar refractivity (Wildman–Crippen MR) is 70.3 cm³/mol. The van der Waals surface area contributed by atoms with Crippen molar-refractivity contribution in [2.75, 3.05) is 0 Å². The Kier molecular flexibility index (Phi) is 1.87. The van der Waals surface area contributed by atoms with Gasteiger partial charge in [0.1, 0.15) is 5.69 Å². The van der Waals surface area contributed by atoms with Crippen molar-refractivity contribution in [2.45, 2.75) is 32.6 Å². The van der Waals surface area contributed by atoms with E-state index in [1.807, 2.05) is 12.1 Å². The molecule has 2 aromatic rings. The third-order valence-corrected chi connectivity index (χ3v) is 5.05. The van der Waals surface area contributed by atoms with E-state index in [-0.39, 0.29) is 0 Å². The first-order valence-electron chi connectivity index (χ1n) is 6.70. The Morgan fingerprint density at radius 2 is 2.17 bits per heavy atom. The highest BCUT2D eigenvalue weighted by molar-refractivity contribution is 5.54. The molecule has 92 valence electrons. The lowest BCUT2D eigenvalue weighted by molar-refractivity contribution is 0.0156. The zero-order chi connectivity index (χ0) is 12.3. The molecule has 2 heterocycles. The molecule has 0 unspecified atom stereocenters. The van der Waals surface area contributed by atoms with E-state index >= 15 is 0 Å². The molecule has 0 saturated heterocycles. The average Bonchev–Trinajstić information content (AvgIpc) is 2.91. The average molecular weight is 239 g/mol. The first-order valence-corrected chi connectivity index (χ1v) is 6.70. The first-order chi connectivity index (χ1) is 8.66. The predicted octanol–water partition coefficient (Wildman–Crippen LogP) is 4.03. The number of nitrogens with zero attached hydrogens (tertiary/aromatic N) is 1. The summed E-state index contributed by atoms with van der Waals surface area (Å²) in [6.07, 6.45) is 4.22. The van der Waals surface area contributed by atoms with Crippen LogP contribution in [0.1, 0.15) is 37.4 Å². The van der Waals surface area contributed by atoms with Gasteiger partial charge in [0.2, 0.25) is 0 Å². The van der Waals surface area contributed by atoms with Gasteiger partial charge >= 0.3 is 0 Å². The molecule has 0 aromatic carbocycles. The van der Waals surface area contributed by atoms with E-state index in [2.05, 4.69) is 26.0 Å². The fourth-order valence-electron chi connectivity index (χ4n) is 3.63. The maximum Gasteiger partial charge on any atom is 0.152 e. The van der Waals surface area contributed by atoms with Crippen molar-refractivity contribution in [3.05, 3.63) is 41.8 Å². The highest BCUT2D eigenvalue weighted by atomic mass is 16.3. The maximum atomic E-state index is 5.45. The molecule has 0 radical (unpaired) electrons. The lowest BCUT2D eigenvalue weighted by atomic mass is 9.48. The van der Waals surface area contributed by atoms with Crippen LogP contribution in [-0.2, 0) is 6.42 Å². The summed E-state index contributed by atoms with van der Waals surface area (Å²) in [5.41, 5.74) is 4.17. The number of rotatable bonds is 1. The van der Waals surface area contributed by atoms with Crippen molar-refractivity contribution in [3.63, 3.8) is 0 Å². The Labute approximate surface area is 107 Å². The van der Waals surface area contributed by atoms with Gasteiger partial charge in [-0.1, -0.05) is 19.9 Å². The van der Waals surface area contributed by atoms with Crippen molar-refractivity contribution in [1.29, 1.82) is 0 Å². The van der Waals surface area contributed by atoms with E-state index in [1.54, 1.807) is 6.26 Å². The van der Waals surface area contributed by atoms with Crippen LogP contribution in [0.25, 0.3) is 11.5 Å². The minimum Gasteiger partial charge on any atom is -0.463 e. The topological polar surface area (TPSA) is 26.0 Å². The van der Waals surface area contributed by atoms with Gasteiger partial charge in [0, 0.05) is 11.6 Å². The highest BCUT2D eigenvalue weighted by Crippen LogP contribution is 2.61. The number of hydrogen-bond acceptors (Lipinski definition) is 2. The molecule has 0 spiro atoms. The minimum atomic E-state index is 0.432. The molecule has 0 N–H and O–H groups in total. The molecule has 2 bridgehead atoms. The summed E-state index contributed by atoms with van der Waals surface area (Å²) in [6.45, 7) is 4.77. The van der Waals surface area contributed by atoms with Crippen LogP contribution in [0.4, 0.5) is 0 Å². The molecular formula is C16H17NO. The number of furan rings is 1. The summed E-state index contributed by atoms with van der Waals surface area (Å²) in [7, 11) is 0. The second-order valence-electron chi connectivity index (χ2n) is 6.23. The van der Waals surface area contributed by atoms with Crippen molar-refractivity contribution in [3.8, 4) is 11.5 Å². The van der Waals surface area contributed by atoms with E-state index in [0.29, 0.717) is 11.3 Å². The van der Waals surface area contributed by atoms with Crippen LogP contribution in [0, 0.1) is 11.3 Å². The summed E-state index contributed by atoms with van der Waals surface area (Å²) in [6, 6.07) is 8.23. The summed E-state index contributed by atoms with van der Waals surface area (Å²) in [5.74, 6) is 2.37.